The molecule has 0 heterocycles. The van der Waals surface area contributed by atoms with E-state index in [1.807, 2.05) is 0 Å². The smallest absolute Gasteiger partial charge is 0.309 e. The molecule has 1 unspecified atom stereocenters. The Hall–Kier alpha value is -1.59. The van der Waals surface area contributed by atoms with Crippen LogP contribution in [0.1, 0.15) is 284 Å². The normalized spacial score (nSPS) is 11.8. The molecule has 0 aliphatic heterocycles. The van der Waals surface area contributed by atoms with Crippen LogP contribution in [0.3, 0.4) is 0 Å². The standard InChI is InChI=1S/C50H96O6/c1-4-7-10-13-16-19-22-25-26-29-32-35-38-41-49(52)56-47(46-50(53)55-45-40-37-34-31-28-24-21-18-15-12-9-6-3)42-43-48(51)54-44-39-36-33-30-27-23-20-17-14-11-8-5-2/h47H,4-46H2,1-3H3. The first-order valence-corrected chi connectivity index (χ1v) is 25.0. The molecule has 0 rings (SSSR count). The molecule has 0 spiro atoms. The van der Waals surface area contributed by atoms with Gasteiger partial charge < -0.3 is 14.2 Å². The van der Waals surface area contributed by atoms with E-state index in [2.05, 4.69) is 20.8 Å². The molecule has 0 radical (unpaired) electrons. The molecule has 0 aromatic rings. The van der Waals surface area contributed by atoms with Gasteiger partial charge in [-0.2, -0.15) is 0 Å². The van der Waals surface area contributed by atoms with E-state index in [4.69, 9.17) is 14.2 Å². The maximum atomic E-state index is 12.8. The predicted octanol–water partition coefficient (Wildman–Crippen LogP) is 16.0. The first kappa shape index (κ1) is 54.4. The quantitative estimate of drug-likeness (QED) is 0.0347. The van der Waals surface area contributed by atoms with Crippen LogP contribution in [0.5, 0.6) is 0 Å². The molecule has 0 aromatic carbocycles. The molecule has 0 aromatic heterocycles. The Balaban J connectivity index is 4.32. The van der Waals surface area contributed by atoms with Crippen LogP contribution < -0.4 is 0 Å². The van der Waals surface area contributed by atoms with Crippen molar-refractivity contribution in [1.29, 1.82) is 0 Å². The van der Waals surface area contributed by atoms with Crippen molar-refractivity contribution in [3.8, 4) is 0 Å². The van der Waals surface area contributed by atoms with Gasteiger partial charge in [-0.25, -0.2) is 0 Å². The Bertz CT molecular complexity index is 784. The van der Waals surface area contributed by atoms with Gasteiger partial charge in [-0.1, -0.05) is 239 Å². The minimum absolute atomic E-state index is 0.00534. The van der Waals surface area contributed by atoms with Crippen LogP contribution in [-0.4, -0.2) is 37.2 Å². The van der Waals surface area contributed by atoms with Gasteiger partial charge in [-0.3, -0.25) is 14.4 Å². The summed E-state index contributed by atoms with van der Waals surface area (Å²) in [6, 6.07) is 0. The third kappa shape index (κ3) is 43.5. The van der Waals surface area contributed by atoms with E-state index in [0.29, 0.717) is 19.6 Å². The second kappa shape index (κ2) is 46.1. The zero-order valence-electron chi connectivity index (χ0n) is 37.9. The van der Waals surface area contributed by atoms with Gasteiger partial charge in [-0.15, -0.1) is 0 Å². The molecule has 0 aliphatic carbocycles. The molecule has 56 heavy (non-hydrogen) atoms. The number of hydrogen-bond acceptors (Lipinski definition) is 6. The summed E-state index contributed by atoms with van der Waals surface area (Å²) in [7, 11) is 0. The second-order valence-corrected chi connectivity index (χ2v) is 17.1. The molecule has 0 saturated heterocycles. The Labute approximate surface area is 348 Å². The van der Waals surface area contributed by atoms with Gasteiger partial charge in [0.1, 0.15) is 6.10 Å². The summed E-state index contributed by atoms with van der Waals surface area (Å²) in [5.74, 6) is -0.913. The number of carbonyl (C=O) groups excluding carboxylic acids is 3. The minimum Gasteiger partial charge on any atom is -0.466 e. The molecule has 0 N–H and O–H groups in total. The molecule has 0 bridgehead atoms. The molecule has 1 atom stereocenters. The summed E-state index contributed by atoms with van der Waals surface area (Å²) in [6.45, 7) is 7.62. The van der Waals surface area contributed by atoms with Crippen molar-refractivity contribution >= 4 is 17.9 Å². The van der Waals surface area contributed by atoms with Gasteiger partial charge in [0.2, 0.25) is 0 Å². The highest BCUT2D eigenvalue weighted by Crippen LogP contribution is 2.17. The fourth-order valence-electron chi connectivity index (χ4n) is 7.59. The number of rotatable bonds is 46. The molecular weight excluding hydrogens is 697 g/mol. The van der Waals surface area contributed by atoms with E-state index in [1.165, 1.54) is 193 Å². The van der Waals surface area contributed by atoms with Crippen LogP contribution in [0, 0.1) is 0 Å². The highest BCUT2D eigenvalue weighted by atomic mass is 16.6. The fourth-order valence-corrected chi connectivity index (χ4v) is 7.59. The highest BCUT2D eigenvalue weighted by molar-refractivity contribution is 5.73. The van der Waals surface area contributed by atoms with Crippen molar-refractivity contribution in [3.05, 3.63) is 0 Å². The highest BCUT2D eigenvalue weighted by Gasteiger charge is 2.21. The van der Waals surface area contributed by atoms with Crippen LogP contribution in [0.4, 0.5) is 0 Å². The maximum absolute atomic E-state index is 12.8. The van der Waals surface area contributed by atoms with Crippen molar-refractivity contribution in [2.75, 3.05) is 13.2 Å². The molecule has 0 saturated carbocycles. The fraction of sp³-hybridized carbons (Fsp3) is 0.940. The first-order chi connectivity index (χ1) is 27.5. The molecular formula is C50H96O6. The van der Waals surface area contributed by atoms with E-state index >= 15 is 0 Å². The van der Waals surface area contributed by atoms with E-state index < -0.39 is 6.10 Å². The molecule has 6 nitrogen and oxygen atoms in total. The van der Waals surface area contributed by atoms with E-state index in [-0.39, 0.29) is 37.2 Å². The average molecular weight is 793 g/mol. The zero-order valence-corrected chi connectivity index (χ0v) is 37.9. The third-order valence-corrected chi connectivity index (χ3v) is 11.4. The summed E-state index contributed by atoms with van der Waals surface area (Å²) in [6.07, 6.45) is 46.7. The average Bonchev–Trinajstić information content (AvgIpc) is 3.19. The van der Waals surface area contributed by atoms with Crippen molar-refractivity contribution < 1.29 is 28.6 Å². The maximum Gasteiger partial charge on any atom is 0.309 e. The Morgan fingerprint density at radius 2 is 0.607 bits per heavy atom. The Morgan fingerprint density at radius 1 is 0.321 bits per heavy atom. The number of esters is 3. The lowest BCUT2D eigenvalue weighted by molar-refractivity contribution is -0.157. The van der Waals surface area contributed by atoms with Crippen molar-refractivity contribution in [3.63, 3.8) is 0 Å². The number of carbonyl (C=O) groups is 3. The summed E-state index contributed by atoms with van der Waals surface area (Å²) < 4.78 is 16.8. The van der Waals surface area contributed by atoms with Crippen molar-refractivity contribution in [2.45, 2.75) is 290 Å². The van der Waals surface area contributed by atoms with Crippen LogP contribution in [0.25, 0.3) is 0 Å². The number of ether oxygens (including phenoxy) is 3. The predicted molar refractivity (Wildman–Crippen MR) is 238 cm³/mol. The summed E-state index contributed by atoms with van der Waals surface area (Å²) >= 11 is 0. The number of unbranched alkanes of at least 4 members (excludes halogenated alkanes) is 34. The second-order valence-electron chi connectivity index (χ2n) is 17.1. The lowest BCUT2D eigenvalue weighted by Crippen LogP contribution is -2.24. The lowest BCUT2D eigenvalue weighted by Gasteiger charge is -2.17. The van der Waals surface area contributed by atoms with Gasteiger partial charge in [0.25, 0.3) is 0 Å². The Kier molecular flexibility index (Phi) is 44.8. The van der Waals surface area contributed by atoms with Gasteiger partial charge in [0.15, 0.2) is 0 Å². The molecule has 332 valence electrons. The molecule has 6 heteroatoms. The number of hydrogen-bond donors (Lipinski definition) is 0. The SMILES string of the molecule is CCCCCCCCCCCCCCCC(=O)OC(CCC(=O)OCCCCCCCCCCCCCC)CC(=O)OCCCCCCCCCCCCCC. The van der Waals surface area contributed by atoms with Crippen molar-refractivity contribution in [1.82, 2.24) is 0 Å². The van der Waals surface area contributed by atoms with Crippen LogP contribution in [-0.2, 0) is 28.6 Å². The monoisotopic (exact) mass is 793 g/mol. The first-order valence-electron chi connectivity index (χ1n) is 25.0. The van der Waals surface area contributed by atoms with Crippen molar-refractivity contribution in [2.24, 2.45) is 0 Å². The summed E-state index contributed by atoms with van der Waals surface area (Å²) in [5, 5.41) is 0. The van der Waals surface area contributed by atoms with Gasteiger partial charge in [-0.05, 0) is 25.7 Å². The van der Waals surface area contributed by atoms with E-state index in [9.17, 15) is 14.4 Å². The molecule has 0 fully saturated rings. The summed E-state index contributed by atoms with van der Waals surface area (Å²) in [4.78, 5) is 38.1. The largest absolute Gasteiger partial charge is 0.466 e. The van der Waals surface area contributed by atoms with Gasteiger partial charge in [0.05, 0.1) is 19.6 Å². The van der Waals surface area contributed by atoms with Crippen LogP contribution in [0.15, 0.2) is 0 Å². The van der Waals surface area contributed by atoms with E-state index in [0.717, 1.165) is 44.9 Å². The Morgan fingerprint density at radius 3 is 0.946 bits per heavy atom. The molecule has 0 aliphatic rings. The van der Waals surface area contributed by atoms with Gasteiger partial charge >= 0.3 is 17.9 Å². The van der Waals surface area contributed by atoms with Crippen LogP contribution >= 0.6 is 0 Å². The zero-order chi connectivity index (χ0) is 40.8. The third-order valence-electron chi connectivity index (χ3n) is 11.4. The van der Waals surface area contributed by atoms with Crippen LogP contribution in [0.2, 0.25) is 0 Å². The minimum atomic E-state index is -0.655. The topological polar surface area (TPSA) is 78.9 Å². The lowest BCUT2D eigenvalue weighted by atomic mass is 10.0. The molecule has 0 amide bonds. The van der Waals surface area contributed by atoms with Gasteiger partial charge in [0, 0.05) is 12.8 Å². The summed E-state index contributed by atoms with van der Waals surface area (Å²) in [5.41, 5.74) is 0. The van der Waals surface area contributed by atoms with E-state index in [1.54, 1.807) is 0 Å².